The Morgan fingerprint density at radius 3 is 2.83 bits per heavy atom. The quantitative estimate of drug-likeness (QED) is 0.459. The highest BCUT2D eigenvalue weighted by Gasteiger charge is 1.97. The van der Waals surface area contributed by atoms with Crippen LogP contribution in [0.15, 0.2) is 0 Å². The number of rotatable bonds is 7. The fraction of sp³-hybridized carbons (Fsp3) is 0.800. The van der Waals surface area contributed by atoms with E-state index in [1.54, 1.807) is 7.11 Å². The van der Waals surface area contributed by atoms with Crippen LogP contribution >= 0.6 is 0 Å². The van der Waals surface area contributed by atoms with Gasteiger partial charge in [-0.25, -0.2) is 0 Å². The van der Waals surface area contributed by atoms with Crippen molar-refractivity contribution in [2.24, 2.45) is 0 Å². The van der Waals surface area contributed by atoms with E-state index in [9.17, 15) is 0 Å². The summed E-state index contributed by atoms with van der Waals surface area (Å²) in [6.45, 7) is 3.92. The minimum Gasteiger partial charge on any atom is -0.383 e. The normalized spacial score (nSPS) is 12.4. The van der Waals surface area contributed by atoms with Crippen LogP contribution in [0.5, 0.6) is 0 Å². The van der Waals surface area contributed by atoms with Crippen molar-refractivity contribution in [3.05, 3.63) is 0 Å². The van der Waals surface area contributed by atoms with E-state index in [1.165, 1.54) is 0 Å². The Morgan fingerprint density at radius 1 is 1.50 bits per heavy atom. The fourth-order valence-electron chi connectivity index (χ4n) is 1.01. The van der Waals surface area contributed by atoms with Gasteiger partial charge in [-0.3, -0.25) is 0 Å². The van der Waals surface area contributed by atoms with Gasteiger partial charge in [0.05, 0.1) is 6.61 Å². The molecule has 1 atom stereocenters. The van der Waals surface area contributed by atoms with Crippen LogP contribution < -0.4 is 5.32 Å². The number of unbranched alkanes of at least 4 members (excludes halogenated alkanes) is 2. The van der Waals surface area contributed by atoms with E-state index >= 15 is 0 Å². The number of methoxy groups -OCH3 is 1. The third-order valence-corrected chi connectivity index (χ3v) is 1.66. The third-order valence-electron chi connectivity index (χ3n) is 1.66. The van der Waals surface area contributed by atoms with Gasteiger partial charge in [0.1, 0.15) is 0 Å². The highest BCUT2D eigenvalue weighted by atomic mass is 16.5. The standard InChI is InChI=1S/C10H19NO/c1-4-5-6-7-8-11-10(2)9-12-3/h1,10-11H,5-9H2,2-3H3. The molecular formula is C10H19NO. The molecule has 0 saturated heterocycles. The molecule has 2 nitrogen and oxygen atoms in total. The monoisotopic (exact) mass is 169 g/mol. The largest absolute Gasteiger partial charge is 0.383 e. The lowest BCUT2D eigenvalue weighted by Crippen LogP contribution is -2.30. The smallest absolute Gasteiger partial charge is 0.0613 e. The number of terminal acetylenes is 1. The van der Waals surface area contributed by atoms with E-state index in [-0.39, 0.29) is 0 Å². The maximum atomic E-state index is 5.13. The number of nitrogens with one attached hydrogen (secondary N) is 1. The molecule has 0 fully saturated rings. The summed E-state index contributed by atoms with van der Waals surface area (Å²) in [6, 6.07) is 0.445. The van der Waals surface area contributed by atoms with Crippen LogP contribution in [-0.4, -0.2) is 26.3 Å². The van der Waals surface area contributed by atoms with Gasteiger partial charge >= 0.3 is 0 Å². The van der Waals surface area contributed by atoms with Crippen LogP contribution in [0.1, 0.15) is 26.2 Å². The minimum absolute atomic E-state index is 0.445. The first kappa shape index (κ1) is 11.5. The molecule has 0 aliphatic heterocycles. The summed E-state index contributed by atoms with van der Waals surface area (Å²) in [7, 11) is 1.72. The maximum absolute atomic E-state index is 5.13. The highest BCUT2D eigenvalue weighted by Crippen LogP contribution is 1.92. The van der Waals surface area contributed by atoms with Crippen molar-refractivity contribution < 1.29 is 4.74 Å². The van der Waals surface area contributed by atoms with E-state index in [0.29, 0.717) is 6.04 Å². The molecule has 0 bridgehead atoms. The summed E-state index contributed by atoms with van der Waals surface area (Å²) >= 11 is 0. The van der Waals surface area contributed by atoms with Gasteiger partial charge in [0.15, 0.2) is 0 Å². The summed E-state index contributed by atoms with van der Waals surface area (Å²) < 4.78 is 4.99. The maximum Gasteiger partial charge on any atom is 0.0613 e. The average molecular weight is 169 g/mol. The summed E-state index contributed by atoms with van der Waals surface area (Å²) in [5.41, 5.74) is 0. The first-order valence-corrected chi connectivity index (χ1v) is 4.47. The van der Waals surface area contributed by atoms with Crippen molar-refractivity contribution in [2.45, 2.75) is 32.2 Å². The van der Waals surface area contributed by atoms with Gasteiger partial charge in [-0.2, -0.15) is 0 Å². The van der Waals surface area contributed by atoms with Crippen LogP contribution in [0.3, 0.4) is 0 Å². The van der Waals surface area contributed by atoms with Gasteiger partial charge in [-0.05, 0) is 26.3 Å². The lowest BCUT2D eigenvalue weighted by atomic mass is 10.2. The molecule has 0 radical (unpaired) electrons. The Balaban J connectivity index is 3.04. The van der Waals surface area contributed by atoms with E-state index < -0.39 is 0 Å². The number of hydrogen-bond donors (Lipinski definition) is 1. The van der Waals surface area contributed by atoms with Gasteiger partial charge < -0.3 is 10.1 Å². The minimum atomic E-state index is 0.445. The van der Waals surface area contributed by atoms with Crippen molar-refractivity contribution in [2.75, 3.05) is 20.3 Å². The topological polar surface area (TPSA) is 21.3 Å². The third kappa shape index (κ3) is 7.59. The molecule has 0 aromatic rings. The van der Waals surface area contributed by atoms with Crippen LogP contribution in [0, 0.1) is 12.3 Å². The van der Waals surface area contributed by atoms with Gasteiger partial charge in [0, 0.05) is 19.6 Å². The van der Waals surface area contributed by atoms with Crippen LogP contribution in [-0.2, 0) is 4.74 Å². The Morgan fingerprint density at radius 2 is 2.25 bits per heavy atom. The second-order valence-electron chi connectivity index (χ2n) is 2.97. The van der Waals surface area contributed by atoms with Gasteiger partial charge in [-0.1, -0.05) is 0 Å². The molecule has 0 amide bonds. The average Bonchev–Trinajstić information content (AvgIpc) is 2.05. The molecular weight excluding hydrogens is 150 g/mol. The molecule has 0 heterocycles. The predicted octanol–water partition coefficient (Wildman–Crippen LogP) is 1.41. The molecule has 0 spiro atoms. The van der Waals surface area contributed by atoms with Crippen LogP contribution in [0.4, 0.5) is 0 Å². The van der Waals surface area contributed by atoms with Crippen molar-refractivity contribution in [3.63, 3.8) is 0 Å². The lowest BCUT2D eigenvalue weighted by Gasteiger charge is -2.11. The zero-order chi connectivity index (χ0) is 9.23. The first-order valence-electron chi connectivity index (χ1n) is 4.47. The van der Waals surface area contributed by atoms with Crippen molar-refractivity contribution in [3.8, 4) is 12.3 Å². The van der Waals surface area contributed by atoms with E-state index in [1.807, 2.05) is 0 Å². The molecule has 1 N–H and O–H groups in total. The fourth-order valence-corrected chi connectivity index (χ4v) is 1.01. The van der Waals surface area contributed by atoms with Crippen molar-refractivity contribution in [1.82, 2.24) is 5.32 Å². The first-order chi connectivity index (χ1) is 5.81. The second kappa shape index (κ2) is 8.58. The van der Waals surface area contributed by atoms with Gasteiger partial charge in [-0.15, -0.1) is 12.3 Å². The Labute approximate surface area is 75.7 Å². The SMILES string of the molecule is C#CCCCCNC(C)COC. The van der Waals surface area contributed by atoms with Crippen LogP contribution in [0.2, 0.25) is 0 Å². The lowest BCUT2D eigenvalue weighted by molar-refractivity contribution is 0.172. The molecule has 0 aromatic heterocycles. The molecule has 70 valence electrons. The summed E-state index contributed by atoms with van der Waals surface area (Å²) in [6.07, 6.45) is 8.28. The van der Waals surface area contributed by atoms with Crippen molar-refractivity contribution >= 4 is 0 Å². The summed E-state index contributed by atoms with van der Waals surface area (Å²) in [4.78, 5) is 0. The molecule has 1 unspecified atom stereocenters. The van der Waals surface area contributed by atoms with Crippen LogP contribution in [0.25, 0.3) is 0 Å². The zero-order valence-electron chi connectivity index (χ0n) is 8.10. The highest BCUT2D eigenvalue weighted by molar-refractivity contribution is 4.82. The Kier molecular flexibility index (Phi) is 8.20. The summed E-state index contributed by atoms with van der Waals surface area (Å²) in [5, 5.41) is 3.35. The van der Waals surface area contributed by atoms with Crippen molar-refractivity contribution in [1.29, 1.82) is 0 Å². The molecule has 0 aliphatic carbocycles. The Hall–Kier alpha value is -0.520. The molecule has 0 aliphatic rings. The molecule has 0 saturated carbocycles. The molecule has 2 heteroatoms. The molecule has 0 rings (SSSR count). The van der Waals surface area contributed by atoms with Gasteiger partial charge in [0.25, 0.3) is 0 Å². The van der Waals surface area contributed by atoms with E-state index in [0.717, 1.165) is 32.4 Å². The number of hydrogen-bond acceptors (Lipinski definition) is 2. The predicted molar refractivity (Wildman–Crippen MR) is 52.0 cm³/mol. The van der Waals surface area contributed by atoms with E-state index in [4.69, 9.17) is 11.2 Å². The second-order valence-corrected chi connectivity index (χ2v) is 2.97. The zero-order valence-corrected chi connectivity index (χ0v) is 8.10. The van der Waals surface area contributed by atoms with E-state index in [2.05, 4.69) is 18.2 Å². The molecule has 0 aromatic carbocycles. The summed E-state index contributed by atoms with van der Waals surface area (Å²) in [5.74, 6) is 2.63. The van der Waals surface area contributed by atoms with Gasteiger partial charge in [0.2, 0.25) is 0 Å². The molecule has 12 heavy (non-hydrogen) atoms. The Bertz CT molecular complexity index is 128. The number of ether oxygens (including phenoxy) is 1.